The van der Waals surface area contributed by atoms with Gasteiger partial charge in [-0.1, -0.05) is 40.0 Å². The van der Waals surface area contributed by atoms with Crippen LogP contribution < -0.4 is 4.43 Å². The van der Waals surface area contributed by atoms with Gasteiger partial charge in [0.05, 0.1) is 19.0 Å². The number of fused-ring (bicyclic) bond motifs is 1. The minimum Gasteiger partial charge on any atom is -0.544 e. The molecule has 1 fully saturated rings. The fourth-order valence-corrected chi connectivity index (χ4v) is 5.86. The molecule has 0 spiro atoms. The van der Waals surface area contributed by atoms with E-state index in [0.717, 1.165) is 46.7 Å². The molecule has 10 heteroatoms. The maximum atomic E-state index is 8.98. The van der Waals surface area contributed by atoms with Gasteiger partial charge >= 0.3 is 0 Å². The van der Waals surface area contributed by atoms with Gasteiger partial charge in [0.2, 0.25) is 8.32 Å². The number of pyridine rings is 1. The number of hydrogen-bond acceptors (Lipinski definition) is 7. The van der Waals surface area contributed by atoms with E-state index in [1.54, 1.807) is 4.68 Å². The largest absolute Gasteiger partial charge is 0.544 e. The predicted octanol–water partition coefficient (Wildman–Crippen LogP) is 6.55. The second-order valence-electron chi connectivity index (χ2n) is 11.7. The van der Waals surface area contributed by atoms with E-state index in [2.05, 4.69) is 84.3 Å². The molecule has 0 N–H and O–H groups in total. The second kappa shape index (κ2) is 10.3. The van der Waals surface area contributed by atoms with Crippen LogP contribution in [0, 0.1) is 11.3 Å². The van der Waals surface area contributed by atoms with E-state index in [1.807, 2.05) is 12.3 Å². The zero-order valence-electron chi connectivity index (χ0n) is 23.0. The van der Waals surface area contributed by atoms with Crippen LogP contribution in [0.3, 0.4) is 0 Å². The monoisotopic (exact) mass is 528 g/mol. The zero-order chi connectivity index (χ0) is 26.9. The number of benzene rings is 1. The molecule has 0 radical (unpaired) electrons. The zero-order valence-corrected chi connectivity index (χ0v) is 24.0. The molecule has 198 valence electrons. The van der Waals surface area contributed by atoms with Crippen LogP contribution in [0.2, 0.25) is 18.1 Å². The Morgan fingerprint density at radius 3 is 2.47 bits per heavy atom. The van der Waals surface area contributed by atoms with Crippen LogP contribution >= 0.6 is 0 Å². The topological polar surface area (TPSA) is 107 Å². The summed E-state index contributed by atoms with van der Waals surface area (Å²) in [6.45, 7) is 11.7. The highest BCUT2D eigenvalue weighted by molar-refractivity contribution is 6.74. The number of aryl methyl sites for hydroxylation is 1. The highest BCUT2D eigenvalue weighted by Gasteiger charge is 2.39. The summed E-state index contributed by atoms with van der Waals surface area (Å²) in [5, 5.41) is 21.2. The molecule has 0 atom stereocenters. The van der Waals surface area contributed by atoms with E-state index in [4.69, 9.17) is 19.7 Å². The SMILES string of the molecule is CC(C)(C)[Si](C)(C)Oc1ccc(-c2nc3cc(-c4nnnn4CCC#N)cnc3n2C2CCCCC2)cc1. The first-order valence-corrected chi connectivity index (χ1v) is 16.4. The number of nitriles is 1. The van der Waals surface area contributed by atoms with Gasteiger partial charge in [-0.25, -0.2) is 14.6 Å². The molecule has 3 heterocycles. The summed E-state index contributed by atoms with van der Waals surface area (Å²) >= 11 is 0. The predicted molar refractivity (Wildman–Crippen MR) is 150 cm³/mol. The third-order valence-electron chi connectivity index (χ3n) is 7.99. The molecular formula is C28H36N8OSi. The van der Waals surface area contributed by atoms with Gasteiger partial charge < -0.3 is 8.99 Å². The Bertz CT molecular complexity index is 1450. The Labute approximate surface area is 225 Å². The van der Waals surface area contributed by atoms with Crippen molar-refractivity contribution in [3.05, 3.63) is 36.5 Å². The van der Waals surface area contributed by atoms with Crippen molar-refractivity contribution >= 4 is 19.5 Å². The summed E-state index contributed by atoms with van der Waals surface area (Å²) in [5.74, 6) is 2.43. The fraction of sp³-hybridized carbons (Fsp3) is 0.500. The van der Waals surface area contributed by atoms with E-state index in [-0.39, 0.29) is 5.04 Å². The first kappa shape index (κ1) is 26.0. The van der Waals surface area contributed by atoms with Crippen molar-refractivity contribution in [2.75, 3.05) is 0 Å². The van der Waals surface area contributed by atoms with Gasteiger partial charge in [0.15, 0.2) is 11.5 Å². The van der Waals surface area contributed by atoms with Crippen molar-refractivity contribution in [2.45, 2.75) is 90.0 Å². The van der Waals surface area contributed by atoms with E-state index in [1.165, 1.54) is 19.3 Å². The Kier molecular flexibility index (Phi) is 7.05. The quantitative estimate of drug-likeness (QED) is 0.250. The Balaban J connectivity index is 1.54. The highest BCUT2D eigenvalue weighted by atomic mass is 28.4. The summed E-state index contributed by atoms with van der Waals surface area (Å²) in [4.78, 5) is 9.98. The van der Waals surface area contributed by atoms with Gasteiger partial charge in [0, 0.05) is 23.4 Å². The Morgan fingerprint density at radius 1 is 1.05 bits per heavy atom. The third kappa shape index (κ3) is 5.07. The molecule has 0 unspecified atom stereocenters. The number of hydrogen-bond donors (Lipinski definition) is 0. The van der Waals surface area contributed by atoms with Crippen LogP contribution in [-0.2, 0) is 6.54 Å². The maximum Gasteiger partial charge on any atom is 0.250 e. The van der Waals surface area contributed by atoms with Gasteiger partial charge in [0.25, 0.3) is 0 Å². The van der Waals surface area contributed by atoms with E-state index >= 15 is 0 Å². The lowest BCUT2D eigenvalue weighted by Gasteiger charge is -2.36. The molecule has 4 aromatic rings. The normalized spacial score (nSPS) is 15.1. The van der Waals surface area contributed by atoms with Crippen LogP contribution in [0.15, 0.2) is 36.5 Å². The molecule has 3 aromatic heterocycles. The smallest absolute Gasteiger partial charge is 0.250 e. The van der Waals surface area contributed by atoms with Crippen molar-refractivity contribution in [3.63, 3.8) is 0 Å². The van der Waals surface area contributed by atoms with E-state index in [0.29, 0.717) is 24.8 Å². The molecule has 1 aliphatic rings. The molecule has 38 heavy (non-hydrogen) atoms. The van der Waals surface area contributed by atoms with E-state index in [9.17, 15) is 0 Å². The number of aromatic nitrogens is 7. The molecule has 1 aliphatic carbocycles. The van der Waals surface area contributed by atoms with Crippen LogP contribution in [0.4, 0.5) is 0 Å². The minimum absolute atomic E-state index is 0.137. The fourth-order valence-electron chi connectivity index (χ4n) is 4.83. The third-order valence-corrected chi connectivity index (χ3v) is 12.3. The maximum absolute atomic E-state index is 8.98. The van der Waals surface area contributed by atoms with Crippen molar-refractivity contribution in [3.8, 4) is 34.6 Å². The van der Waals surface area contributed by atoms with Gasteiger partial charge in [-0.3, -0.25) is 0 Å². The van der Waals surface area contributed by atoms with Crippen LogP contribution in [0.25, 0.3) is 33.9 Å². The Hall–Kier alpha value is -3.58. The van der Waals surface area contributed by atoms with Crippen molar-refractivity contribution < 1.29 is 4.43 Å². The molecule has 1 saturated carbocycles. The van der Waals surface area contributed by atoms with Crippen LogP contribution in [0.5, 0.6) is 5.75 Å². The molecule has 0 saturated heterocycles. The lowest BCUT2D eigenvalue weighted by atomic mass is 9.95. The lowest BCUT2D eigenvalue weighted by Crippen LogP contribution is -2.43. The molecule has 0 bridgehead atoms. The van der Waals surface area contributed by atoms with Gasteiger partial charge in [0.1, 0.15) is 17.1 Å². The standard InChI is InChI=1S/C28H36N8OSi/c1-28(2,3)38(4,5)37-23-14-12-20(13-15-23)25-31-24-18-21(26-32-33-34-35(26)17-9-16-29)19-30-27(24)36(25)22-10-7-6-8-11-22/h12-15,18-19,22H,6-11,17H2,1-5H3. The highest BCUT2D eigenvalue weighted by Crippen LogP contribution is 2.39. The van der Waals surface area contributed by atoms with Gasteiger partial charge in [-0.2, -0.15) is 5.26 Å². The van der Waals surface area contributed by atoms with E-state index < -0.39 is 8.32 Å². The van der Waals surface area contributed by atoms with Crippen LogP contribution in [-0.4, -0.2) is 43.1 Å². The van der Waals surface area contributed by atoms with Gasteiger partial charge in [-0.05, 0) is 71.7 Å². The molecule has 0 aliphatic heterocycles. The summed E-state index contributed by atoms with van der Waals surface area (Å²) in [5.41, 5.74) is 3.54. The van der Waals surface area contributed by atoms with Crippen molar-refractivity contribution in [1.82, 2.24) is 34.7 Å². The second-order valence-corrected chi connectivity index (χ2v) is 16.4. The number of rotatable bonds is 7. The molecule has 0 amide bonds. The minimum atomic E-state index is -1.92. The average Bonchev–Trinajstić information content (AvgIpc) is 3.52. The molecular weight excluding hydrogens is 492 g/mol. The summed E-state index contributed by atoms with van der Waals surface area (Å²) in [7, 11) is -1.92. The summed E-state index contributed by atoms with van der Waals surface area (Å²) < 4.78 is 10.5. The summed E-state index contributed by atoms with van der Waals surface area (Å²) in [6, 6.07) is 12.9. The molecule has 9 nitrogen and oxygen atoms in total. The molecule has 5 rings (SSSR count). The molecule has 1 aromatic carbocycles. The Morgan fingerprint density at radius 2 is 1.79 bits per heavy atom. The summed E-state index contributed by atoms with van der Waals surface area (Å²) in [6.07, 6.45) is 8.12. The lowest BCUT2D eigenvalue weighted by molar-refractivity contribution is 0.361. The first-order valence-electron chi connectivity index (χ1n) is 13.5. The van der Waals surface area contributed by atoms with Crippen molar-refractivity contribution in [1.29, 1.82) is 5.26 Å². The number of tetrazole rings is 1. The van der Waals surface area contributed by atoms with Crippen molar-refractivity contribution in [2.24, 2.45) is 0 Å². The number of imidazole rings is 1. The van der Waals surface area contributed by atoms with Gasteiger partial charge in [-0.15, -0.1) is 5.10 Å². The van der Waals surface area contributed by atoms with Crippen LogP contribution in [0.1, 0.15) is 65.3 Å². The number of nitrogens with zero attached hydrogens (tertiary/aromatic N) is 8. The average molecular weight is 529 g/mol. The first-order chi connectivity index (χ1) is 18.2.